The Morgan fingerprint density at radius 2 is 1.30 bits per heavy atom. The molecule has 0 bridgehead atoms. The van der Waals surface area contributed by atoms with Gasteiger partial charge in [-0.15, -0.1) is 0 Å². The molecule has 1 saturated heterocycles. The van der Waals surface area contributed by atoms with Crippen LogP contribution in [-0.4, -0.2) is 11.9 Å². The van der Waals surface area contributed by atoms with Gasteiger partial charge in [-0.3, -0.25) is 0 Å². The third-order valence-electron chi connectivity index (χ3n) is 0.614. The molecule has 0 saturated carbocycles. The van der Waals surface area contributed by atoms with E-state index in [-0.39, 0.29) is 0 Å². The molecule has 0 N–H and O–H groups in total. The van der Waals surface area contributed by atoms with E-state index in [4.69, 9.17) is 0 Å². The van der Waals surface area contributed by atoms with Gasteiger partial charge >= 0.3 is 51.2 Å². The van der Waals surface area contributed by atoms with Gasteiger partial charge in [0.1, 0.15) is 0 Å². The average Bonchev–Trinajstić information content (AvgIpc) is 1.74. The second-order valence-corrected chi connectivity index (χ2v) is 3.16. The molecule has 10 heavy (non-hydrogen) atoms. The molecule has 0 aliphatic carbocycles. The van der Waals surface area contributed by atoms with Gasteiger partial charge in [0.25, 0.3) is 0 Å². The monoisotopic (exact) mass is 176 g/mol. The maximum atomic E-state index is 11.7. The molecule has 0 unspecified atom stereocenters. The maximum absolute atomic E-state index is 11.7. The second kappa shape index (κ2) is 1.42. The molecule has 0 aromatic heterocycles. The van der Waals surface area contributed by atoms with Crippen LogP contribution in [0.1, 0.15) is 0 Å². The van der Waals surface area contributed by atoms with Crippen LogP contribution in [0, 0.1) is 0 Å². The normalized spacial score (nSPS) is 31.7. The number of halogens is 3. The number of carbonyl (C=O) groups excluding carboxylic acids is 2. The molecular formula is C2F3O4P. The molecule has 4 nitrogen and oxygen atoms in total. The Kier molecular flexibility index (Phi) is 1.03. The predicted octanol–water partition coefficient (Wildman–Crippen LogP) is 1.12. The van der Waals surface area contributed by atoms with Gasteiger partial charge in [-0.25, -0.2) is 0 Å². The molecule has 0 atom stereocenters. The van der Waals surface area contributed by atoms with Gasteiger partial charge in [-0.2, -0.15) is 0 Å². The van der Waals surface area contributed by atoms with Crippen molar-refractivity contribution in [2.75, 3.05) is 0 Å². The standard InChI is InChI=1S/C2F3O4P/c3-10(4,5)8-1(6)2(7)9-10. The zero-order valence-electron chi connectivity index (χ0n) is 4.21. The van der Waals surface area contributed by atoms with Gasteiger partial charge in [0, 0.05) is 0 Å². The molecule has 0 spiro atoms. The van der Waals surface area contributed by atoms with Crippen LogP contribution in [0.25, 0.3) is 0 Å². The molecule has 1 rings (SSSR count). The van der Waals surface area contributed by atoms with Crippen LogP contribution in [0.5, 0.6) is 0 Å². The van der Waals surface area contributed by atoms with Gasteiger partial charge in [0.15, 0.2) is 0 Å². The van der Waals surface area contributed by atoms with E-state index in [2.05, 4.69) is 9.05 Å². The zero-order valence-corrected chi connectivity index (χ0v) is 5.11. The molecule has 1 fully saturated rings. The van der Waals surface area contributed by atoms with Crippen LogP contribution in [0.3, 0.4) is 0 Å². The first-order valence-electron chi connectivity index (χ1n) is 1.94. The summed E-state index contributed by atoms with van der Waals surface area (Å²) >= 11 is 0. The van der Waals surface area contributed by atoms with E-state index in [1.165, 1.54) is 0 Å². The van der Waals surface area contributed by atoms with Crippen molar-refractivity contribution in [3.8, 4) is 0 Å². The van der Waals surface area contributed by atoms with Crippen LogP contribution >= 0.6 is 7.99 Å². The average molecular weight is 176 g/mol. The van der Waals surface area contributed by atoms with E-state index in [9.17, 15) is 22.2 Å². The molecular weight excluding hydrogens is 176 g/mol. The number of hydrogen-bond donors (Lipinski definition) is 0. The molecule has 8 heteroatoms. The Balaban J connectivity index is 2.95. The van der Waals surface area contributed by atoms with Crippen LogP contribution in [-0.2, 0) is 18.6 Å². The first-order valence-corrected chi connectivity index (χ1v) is 3.68. The Morgan fingerprint density at radius 3 is 1.40 bits per heavy atom. The third kappa shape index (κ3) is 1.18. The topological polar surface area (TPSA) is 52.6 Å². The Bertz CT molecular complexity index is 196. The zero-order chi connectivity index (χ0) is 8.02. The van der Waals surface area contributed by atoms with Crippen molar-refractivity contribution in [2.45, 2.75) is 0 Å². The third-order valence-corrected chi connectivity index (χ3v) is 1.51. The van der Waals surface area contributed by atoms with Crippen molar-refractivity contribution >= 4 is 19.9 Å². The van der Waals surface area contributed by atoms with Crippen molar-refractivity contribution in [1.29, 1.82) is 0 Å². The molecule has 58 valence electrons. The quantitative estimate of drug-likeness (QED) is 0.410. The van der Waals surface area contributed by atoms with E-state index >= 15 is 0 Å². The summed E-state index contributed by atoms with van der Waals surface area (Å²) in [6, 6.07) is 0. The van der Waals surface area contributed by atoms with Crippen molar-refractivity contribution in [3.05, 3.63) is 0 Å². The summed E-state index contributed by atoms with van der Waals surface area (Å²) in [6.45, 7) is 0. The Hall–Kier alpha value is -0.840. The van der Waals surface area contributed by atoms with Gasteiger partial charge in [0.2, 0.25) is 0 Å². The molecule has 0 radical (unpaired) electrons. The molecule has 1 aliphatic heterocycles. The number of hydrogen-bond acceptors (Lipinski definition) is 4. The van der Waals surface area contributed by atoms with E-state index in [1.54, 1.807) is 0 Å². The van der Waals surface area contributed by atoms with Gasteiger partial charge < -0.3 is 0 Å². The second-order valence-electron chi connectivity index (χ2n) is 1.44. The van der Waals surface area contributed by atoms with Crippen molar-refractivity contribution < 1.29 is 31.2 Å². The Morgan fingerprint density at radius 1 is 1.00 bits per heavy atom. The van der Waals surface area contributed by atoms with E-state index < -0.39 is 19.9 Å². The molecule has 0 aromatic rings. The van der Waals surface area contributed by atoms with Crippen LogP contribution in [0.15, 0.2) is 0 Å². The fourth-order valence-corrected chi connectivity index (χ4v) is 1.05. The minimum absolute atomic E-state index is 2.00. The minimum atomic E-state index is -7.32. The van der Waals surface area contributed by atoms with Crippen molar-refractivity contribution in [1.82, 2.24) is 0 Å². The molecule has 0 amide bonds. The summed E-state index contributed by atoms with van der Waals surface area (Å²) in [5.74, 6) is -3.99. The predicted molar refractivity (Wildman–Crippen MR) is 22.4 cm³/mol. The summed E-state index contributed by atoms with van der Waals surface area (Å²) in [5.41, 5.74) is 0. The summed E-state index contributed by atoms with van der Waals surface area (Å²) in [6.07, 6.45) is 0. The van der Waals surface area contributed by atoms with Gasteiger partial charge in [-0.1, -0.05) is 0 Å². The van der Waals surface area contributed by atoms with Crippen LogP contribution in [0.2, 0.25) is 0 Å². The van der Waals surface area contributed by atoms with Crippen LogP contribution < -0.4 is 0 Å². The first kappa shape index (κ1) is 7.27. The first-order chi connectivity index (χ1) is 4.28. The van der Waals surface area contributed by atoms with E-state index in [0.29, 0.717) is 0 Å². The fourth-order valence-electron chi connectivity index (χ4n) is 0.349. The molecule has 0 aromatic carbocycles. The van der Waals surface area contributed by atoms with Gasteiger partial charge in [-0.05, 0) is 0 Å². The summed E-state index contributed by atoms with van der Waals surface area (Å²) in [4.78, 5) is 19.6. The molecule has 1 aliphatic rings. The van der Waals surface area contributed by atoms with E-state index in [0.717, 1.165) is 0 Å². The summed E-state index contributed by atoms with van der Waals surface area (Å²) in [5, 5.41) is 0. The fraction of sp³-hybridized carbons (Fsp3) is 0. The summed E-state index contributed by atoms with van der Waals surface area (Å²) in [7, 11) is -7.32. The number of rotatable bonds is 0. The SMILES string of the molecule is O=C1OP(F)(F)(F)OC1=O. The number of carbonyl (C=O) groups is 2. The van der Waals surface area contributed by atoms with Crippen molar-refractivity contribution in [3.63, 3.8) is 0 Å². The van der Waals surface area contributed by atoms with Crippen LogP contribution in [0.4, 0.5) is 12.6 Å². The molecule has 1 heterocycles. The van der Waals surface area contributed by atoms with Gasteiger partial charge in [0.05, 0.1) is 0 Å². The summed E-state index contributed by atoms with van der Waals surface area (Å²) < 4.78 is 40.7. The Labute approximate surface area is 52.4 Å². The van der Waals surface area contributed by atoms with Crippen molar-refractivity contribution in [2.24, 2.45) is 0 Å². The van der Waals surface area contributed by atoms with E-state index in [1.807, 2.05) is 0 Å².